The van der Waals surface area contributed by atoms with Crippen LogP contribution in [0.2, 0.25) is 30.1 Å². The molecule has 6 aliphatic rings. The second-order valence-corrected chi connectivity index (χ2v) is 34.9. The highest BCUT2D eigenvalue weighted by Gasteiger charge is 2.38. The summed E-state index contributed by atoms with van der Waals surface area (Å²) >= 11 is 41.8. The van der Waals surface area contributed by atoms with Crippen molar-refractivity contribution < 1.29 is 48.1 Å². The first-order valence-corrected chi connectivity index (χ1v) is 43.8. The first-order valence-electron chi connectivity index (χ1n) is 39.0. The number of hydrogen-bond acceptors (Lipinski definition) is 25. The van der Waals surface area contributed by atoms with Crippen LogP contribution in [0, 0.1) is 0 Å². The smallest absolute Gasteiger partial charge is 0.326 e. The molecule has 642 valence electrons. The van der Waals surface area contributed by atoms with Crippen LogP contribution < -0.4 is 43.8 Å². The topological polar surface area (TPSA) is 424 Å². The predicted molar refractivity (Wildman–Crippen MR) is 476 cm³/mol. The number of rotatable bonds is 24. The van der Waals surface area contributed by atoms with E-state index >= 15 is 0 Å². The van der Waals surface area contributed by atoms with Crippen molar-refractivity contribution in [1.29, 1.82) is 0 Å². The molecule has 3 saturated heterocycles. The summed E-state index contributed by atoms with van der Waals surface area (Å²) in [6, 6.07) is 24.4. The third-order valence-corrected chi connectivity index (χ3v) is 26.1. The molecule has 5 amide bonds. The van der Waals surface area contributed by atoms with E-state index in [1.165, 1.54) is 45.8 Å². The summed E-state index contributed by atoms with van der Waals surface area (Å²) in [5.74, 6) is -0.733. The van der Waals surface area contributed by atoms with E-state index in [2.05, 4.69) is 66.5 Å². The van der Waals surface area contributed by atoms with E-state index in [1.54, 1.807) is 84.7 Å². The van der Waals surface area contributed by atoms with Gasteiger partial charge in [-0.15, -0.1) is 46.4 Å². The van der Waals surface area contributed by atoms with Crippen molar-refractivity contribution in [2.24, 2.45) is 22.3 Å². The Kier molecular flexibility index (Phi) is 33.9. The van der Waals surface area contributed by atoms with Gasteiger partial charge in [-0.3, -0.25) is 24.0 Å². The van der Waals surface area contributed by atoms with Crippen molar-refractivity contribution in [1.82, 2.24) is 55.2 Å². The Hall–Kier alpha value is -8.68. The number of fused-ring (bicyclic) bond motifs is 3. The summed E-state index contributed by atoms with van der Waals surface area (Å²) in [4.78, 5) is 117. The van der Waals surface area contributed by atoms with Gasteiger partial charge < -0.3 is 77.8 Å². The fourth-order valence-electron chi connectivity index (χ4n) is 14.2. The third-order valence-electron chi connectivity index (χ3n) is 21.0. The Bertz CT molecular complexity index is 5000. The molecule has 3 aromatic carbocycles. The summed E-state index contributed by atoms with van der Waals surface area (Å²) in [5.41, 5.74) is 31.6. The maximum Gasteiger partial charge on any atom is 0.326 e. The van der Waals surface area contributed by atoms with Gasteiger partial charge in [-0.05, 0) is 136 Å². The van der Waals surface area contributed by atoms with Crippen LogP contribution in [0.25, 0.3) is 42.2 Å². The fourth-order valence-corrected chi connectivity index (χ4v) is 18.9. The lowest BCUT2D eigenvalue weighted by atomic mass is 10.0. The highest BCUT2D eigenvalue weighted by atomic mass is 35.5. The van der Waals surface area contributed by atoms with E-state index in [9.17, 15) is 33.9 Å². The first kappa shape index (κ1) is 93.0. The standard InChI is InChI=1S/2C27H30Cl2N6O3S.C19H21ClN4O4S.C8H9ClN4.ClH/c2*1-15(25(36)33-21(13-30)16-3-2-4-17(28)11-16)35-8-5-22-19(26(35)37)12-23(39-22)24-20(29)14-31-27(34-24)32-18-6-9-38-10-7-18;1-10(18(26)27)24-5-2-14-12(17(24)25)8-15(29-14)16-13(20)9-21-19(23-16)22-11-3-6-28-7-4-11;9-7-3-1-2-6(4-7)8(10)5-12-13-11;/h2*2-4,11-12,14-15,18,21H,5-10,13,30H2,1H3,(H,33,36)(H,31,32,34);8-11H,2-7H2,1H3,(H,26,27)(H,21,22,23);1-4,8H,5,10H2;1H/t15-,21+;15-,21-;;8-;/m01.1./s1. The monoisotopic (exact) mass is 1840 g/mol. The van der Waals surface area contributed by atoms with Crippen molar-refractivity contribution in [3.8, 4) is 31.7 Å². The number of nitrogens with two attached hydrogens (primary N) is 3. The number of amides is 5. The lowest BCUT2D eigenvalue weighted by molar-refractivity contribution is -0.141. The van der Waals surface area contributed by atoms with E-state index in [4.69, 9.17) is 107 Å². The molecule has 3 fully saturated rings. The first-order chi connectivity index (χ1) is 57.8. The molecular weight excluding hydrogens is 1760 g/mol. The molecule has 6 aliphatic heterocycles. The number of ether oxygens (including phenoxy) is 3. The fraction of sp³-hybridized carbons (Fsp3) is 0.407. The molecule has 30 nitrogen and oxygen atoms in total. The van der Waals surface area contributed by atoms with Crippen LogP contribution in [-0.4, -0.2) is 200 Å². The molecule has 6 atom stereocenters. The summed E-state index contributed by atoms with van der Waals surface area (Å²) in [6.45, 7) is 11.1. The molecule has 15 rings (SSSR count). The van der Waals surface area contributed by atoms with Crippen LogP contribution in [0.1, 0.15) is 140 Å². The van der Waals surface area contributed by atoms with E-state index < -0.39 is 36.2 Å². The second-order valence-electron chi connectivity index (χ2n) is 29.0. The van der Waals surface area contributed by atoms with Gasteiger partial charge in [0.2, 0.25) is 29.7 Å². The minimum absolute atomic E-state index is 0. The number of carbonyl (C=O) groups is 6. The SMILES string of the molecule is CC(C(=O)O)N1CCc2sc(-c3nc(NC4CCOCC4)ncc3Cl)cc2C1=O.C[C@@H](C(=O)N[C@H](CN)c1cccc(Cl)c1)N1CCc2sc(-c3nc(NC4CCOCC4)ncc3Cl)cc2C1=O.C[C@H](C(=O)N[C@H](CN)c1cccc(Cl)c1)N1CCc2sc(-c3nc(NC4CCOCC4)ncc3Cl)cc2C1=O.Cl.[N-]=[N+]=NC[C@@H](N)c1cccc(Cl)c1. The average Bonchev–Trinajstić information content (AvgIpc) is 1.63. The van der Waals surface area contributed by atoms with Crippen LogP contribution in [0.15, 0.2) is 115 Å². The number of nitrogens with one attached hydrogen (secondary N) is 5. The van der Waals surface area contributed by atoms with E-state index in [1.807, 2.05) is 48.5 Å². The van der Waals surface area contributed by atoms with Crippen LogP contribution in [0.5, 0.6) is 0 Å². The maximum atomic E-state index is 13.5. The quantitative estimate of drug-likeness (QED) is 0.0154. The number of thiophene rings is 3. The Balaban J connectivity index is 0.000000166. The van der Waals surface area contributed by atoms with Crippen molar-refractivity contribution in [2.45, 2.75) is 133 Å². The number of benzene rings is 3. The second kappa shape index (κ2) is 44.1. The Morgan fingerprint density at radius 3 is 1.14 bits per heavy atom. The van der Waals surface area contributed by atoms with Crippen molar-refractivity contribution in [3.05, 3.63) is 198 Å². The van der Waals surface area contributed by atoms with Gasteiger partial charge in [0, 0.05) is 157 Å². The third kappa shape index (κ3) is 24.0. The Morgan fingerprint density at radius 1 is 0.521 bits per heavy atom. The number of hydrogen-bond donors (Lipinski definition) is 9. The molecular formula is C81H91Cl7N20O10S3. The van der Waals surface area contributed by atoms with E-state index in [0.29, 0.717) is 160 Å². The van der Waals surface area contributed by atoms with Crippen molar-refractivity contribution in [2.75, 3.05) is 94.9 Å². The molecule has 6 aromatic heterocycles. The number of anilines is 3. The number of carboxylic acids is 1. The van der Waals surface area contributed by atoms with E-state index in [-0.39, 0.29) is 85.7 Å². The highest BCUT2D eigenvalue weighted by Crippen LogP contribution is 2.42. The predicted octanol–water partition coefficient (Wildman–Crippen LogP) is 14.6. The number of aromatic nitrogens is 6. The van der Waals surface area contributed by atoms with Gasteiger partial charge in [0.15, 0.2) is 0 Å². The largest absolute Gasteiger partial charge is 0.480 e. The Labute approximate surface area is 747 Å². The minimum atomic E-state index is -1.01. The van der Waals surface area contributed by atoms with Gasteiger partial charge >= 0.3 is 5.97 Å². The van der Waals surface area contributed by atoms with E-state index in [0.717, 1.165) is 84.5 Å². The molecule has 1 unspecified atom stereocenters. The van der Waals surface area contributed by atoms with Crippen molar-refractivity contribution in [3.63, 3.8) is 0 Å². The minimum Gasteiger partial charge on any atom is -0.480 e. The molecule has 9 aromatic rings. The zero-order valence-corrected chi connectivity index (χ0v) is 73.9. The van der Waals surface area contributed by atoms with Crippen LogP contribution >= 0.6 is 116 Å². The van der Waals surface area contributed by atoms with Gasteiger partial charge in [0.05, 0.1) is 77.1 Å². The molecule has 0 bridgehead atoms. The number of carbonyl (C=O) groups excluding carboxylic acids is 5. The van der Waals surface area contributed by atoms with Crippen LogP contribution in [0.3, 0.4) is 0 Å². The van der Waals surface area contributed by atoms with Crippen molar-refractivity contribution >= 4 is 169 Å². The molecule has 40 heteroatoms. The zero-order chi connectivity index (χ0) is 85.3. The summed E-state index contributed by atoms with van der Waals surface area (Å²) < 4.78 is 16.2. The lowest BCUT2D eigenvalue weighted by Gasteiger charge is -2.32. The molecule has 0 saturated carbocycles. The highest BCUT2D eigenvalue weighted by molar-refractivity contribution is 7.16. The molecule has 121 heavy (non-hydrogen) atoms. The maximum absolute atomic E-state index is 13.5. The van der Waals surface area contributed by atoms with Gasteiger partial charge in [0.1, 0.15) is 35.2 Å². The summed E-state index contributed by atoms with van der Waals surface area (Å²) in [7, 11) is 0. The van der Waals surface area contributed by atoms with Gasteiger partial charge in [0.25, 0.3) is 17.7 Å². The molecule has 12 N–H and O–H groups in total. The molecule has 12 heterocycles. The molecule has 0 radical (unpaired) electrons. The van der Waals surface area contributed by atoms with Gasteiger partial charge in [-0.1, -0.05) is 111 Å². The van der Waals surface area contributed by atoms with Crippen LogP contribution in [-0.2, 0) is 47.9 Å². The zero-order valence-electron chi connectivity index (χ0n) is 66.1. The normalized spacial score (nSPS) is 16.9. The summed E-state index contributed by atoms with van der Waals surface area (Å²) in [6.07, 6.45) is 11.9. The van der Waals surface area contributed by atoms with Crippen LogP contribution in [0.4, 0.5) is 17.8 Å². The molecule has 0 spiro atoms. The summed E-state index contributed by atoms with van der Waals surface area (Å²) in [5, 5.41) is 31.6. The number of halogens is 7. The lowest BCUT2D eigenvalue weighted by Crippen LogP contribution is -2.51. The van der Waals surface area contributed by atoms with Gasteiger partial charge in [-0.2, -0.15) is 0 Å². The number of azide groups is 1. The Morgan fingerprint density at radius 2 is 0.835 bits per heavy atom. The van der Waals surface area contributed by atoms with Gasteiger partial charge in [-0.25, -0.2) is 34.7 Å². The average molecular weight is 1850 g/mol. The number of aliphatic carboxylic acids is 1. The number of nitrogens with zero attached hydrogens (tertiary/aromatic N) is 12. The molecule has 0 aliphatic carbocycles. The number of carboxylic acid groups (broad SMARTS) is 1.